The number of carbonyl (C=O) groups excluding carboxylic acids is 1. The average Bonchev–Trinajstić information content (AvgIpc) is 4.01. The van der Waals surface area contributed by atoms with Crippen LogP contribution in [0.25, 0.3) is 0 Å². The van der Waals surface area contributed by atoms with E-state index in [9.17, 15) is 9.36 Å². The SMILES string of the molecule is CC(=O)CCOCCOCCOCCOCCn1cc(COCCOCCOCCOCCOC2C=CC(C3CCC4(CC3)CN(C(=N/C(C)Cl)/C(=C/N)C(=N)[NH2+][C@H]3CCC(COCP(=O)(O)O)O3)C4)=CC2)nn1. The molecule has 23 nitrogen and oxygen atoms in total. The maximum Gasteiger partial charge on any atom is 0.350 e. The quantitative estimate of drug-likeness (QED) is 0.0158. The zero-order chi connectivity index (χ0) is 52.9. The summed E-state index contributed by atoms with van der Waals surface area (Å²) in [5.41, 5.74) is 8.41. The highest BCUT2D eigenvalue weighted by atomic mass is 35.5. The molecular formula is C49H83ClN8O15P+. The van der Waals surface area contributed by atoms with Crippen molar-refractivity contribution in [3.8, 4) is 0 Å². The van der Waals surface area contributed by atoms with Crippen LogP contribution in [0.3, 0.4) is 0 Å². The van der Waals surface area contributed by atoms with Gasteiger partial charge in [-0.2, -0.15) is 0 Å². The molecule has 4 atom stereocenters. The number of nitrogens with one attached hydrogen (secondary N) is 1. The standard InChI is InChI=1S/C49H82ClN8O15P/c1-38(59)11-15-63-17-19-65-21-22-66-20-18-64-16-14-58-32-42(55-56-58)33-70-28-27-68-24-23-67-25-26-69-29-30-72-43-5-3-40(4-6-43)41-9-12-49(13-10-41)35-57(36-49)48(53-39(2)50)45(31-51)47(52)54-46-8-7-44(73-46)34-71-37-74(60,61)62/h3-5,31-32,39,41,43-44,46H,6-30,33-37,51H2,1-2H3,(H2,52,54)(H2,60,61,62)/p+1/b45-31+,53-48+/t39?,43?,44?,46-/m1/s1. The van der Waals surface area contributed by atoms with Gasteiger partial charge in [0.2, 0.25) is 5.84 Å². The lowest BCUT2D eigenvalue weighted by Crippen LogP contribution is -2.94. The van der Waals surface area contributed by atoms with E-state index < -0.39 is 19.4 Å². The highest BCUT2D eigenvalue weighted by molar-refractivity contribution is 7.51. The number of ether oxygens (including phenoxy) is 11. The van der Waals surface area contributed by atoms with E-state index in [2.05, 4.69) is 33.4 Å². The van der Waals surface area contributed by atoms with Gasteiger partial charge in [0.25, 0.3) is 0 Å². The van der Waals surface area contributed by atoms with Crippen LogP contribution in [0.1, 0.15) is 70.9 Å². The number of likely N-dealkylation sites (tertiary alicyclic amines) is 1. The molecule has 5 rings (SSSR count). The summed E-state index contributed by atoms with van der Waals surface area (Å²) in [5.74, 6) is 1.44. The molecule has 3 heterocycles. The van der Waals surface area contributed by atoms with Crippen LogP contribution in [0.15, 0.2) is 46.8 Å². The summed E-state index contributed by atoms with van der Waals surface area (Å²) < 4.78 is 74.5. The van der Waals surface area contributed by atoms with E-state index in [1.807, 2.05) is 6.20 Å². The molecule has 0 aromatic carbocycles. The van der Waals surface area contributed by atoms with Gasteiger partial charge in [0, 0.05) is 37.5 Å². The summed E-state index contributed by atoms with van der Waals surface area (Å²) in [6.07, 6.45) is 15.7. The van der Waals surface area contributed by atoms with Gasteiger partial charge in [-0.25, -0.2) is 15.1 Å². The Kier molecular flexibility index (Phi) is 28.9. The first kappa shape index (κ1) is 61.8. The maximum atomic E-state index is 11.1. The van der Waals surface area contributed by atoms with Crippen molar-refractivity contribution >= 4 is 36.7 Å². The third-order valence-corrected chi connectivity index (χ3v) is 13.3. The summed E-state index contributed by atoms with van der Waals surface area (Å²) in [5, 5.41) is 18.9. The Balaban J connectivity index is 0.805. The average molecular weight is 1090 g/mol. The largest absolute Gasteiger partial charge is 0.404 e. The number of aromatic nitrogens is 3. The Morgan fingerprint density at radius 3 is 2.07 bits per heavy atom. The second-order valence-corrected chi connectivity index (χ2v) is 21.0. The second kappa shape index (κ2) is 34.6. The van der Waals surface area contributed by atoms with Gasteiger partial charge in [-0.05, 0) is 63.9 Å². The van der Waals surface area contributed by atoms with Crippen LogP contribution in [0.5, 0.6) is 0 Å². The van der Waals surface area contributed by atoms with E-state index >= 15 is 0 Å². The highest BCUT2D eigenvalue weighted by Gasteiger charge is 2.47. The molecule has 74 heavy (non-hydrogen) atoms. The fraction of sp³-hybridized carbons (Fsp3) is 0.776. The molecule has 2 saturated heterocycles. The summed E-state index contributed by atoms with van der Waals surface area (Å²) >= 11 is 6.38. The molecule has 4 aliphatic rings. The number of nitrogens with two attached hydrogens (primary N) is 2. The zero-order valence-corrected chi connectivity index (χ0v) is 45.1. The molecule has 25 heteroatoms. The minimum absolute atomic E-state index is 0.0343. The molecule has 7 N–H and O–H groups in total. The van der Waals surface area contributed by atoms with Gasteiger partial charge in [0.1, 0.15) is 34.7 Å². The van der Waals surface area contributed by atoms with Gasteiger partial charge in [0.05, 0.1) is 144 Å². The molecule has 1 spiro atoms. The number of carbonyl (C=O) groups is 1. The first-order valence-electron chi connectivity index (χ1n) is 25.9. The van der Waals surface area contributed by atoms with Crippen molar-refractivity contribution in [2.24, 2.45) is 22.1 Å². The van der Waals surface area contributed by atoms with Crippen molar-refractivity contribution in [2.45, 2.75) is 102 Å². The fourth-order valence-electron chi connectivity index (χ4n) is 8.91. The van der Waals surface area contributed by atoms with Crippen molar-refractivity contribution < 1.29 is 76.6 Å². The van der Waals surface area contributed by atoms with Crippen molar-refractivity contribution in [1.82, 2.24) is 19.9 Å². The Morgan fingerprint density at radius 1 is 0.905 bits per heavy atom. The normalized spacial score (nSPS) is 20.9. The number of aliphatic imine (C=N–C) groups is 1. The van der Waals surface area contributed by atoms with Gasteiger partial charge in [0.15, 0.2) is 6.23 Å². The van der Waals surface area contributed by atoms with E-state index in [1.54, 1.807) is 23.8 Å². The van der Waals surface area contributed by atoms with E-state index in [4.69, 9.17) is 89.6 Å². The number of hydrogen-bond acceptors (Lipinski definition) is 18. The van der Waals surface area contributed by atoms with Crippen molar-refractivity contribution in [1.29, 1.82) is 5.41 Å². The lowest BCUT2D eigenvalue weighted by molar-refractivity contribution is -0.626. The lowest BCUT2D eigenvalue weighted by atomic mass is 9.64. The van der Waals surface area contributed by atoms with Gasteiger partial charge in [-0.1, -0.05) is 35.0 Å². The minimum Gasteiger partial charge on any atom is -0.404 e. The molecule has 0 bridgehead atoms. The second-order valence-electron chi connectivity index (χ2n) is 18.8. The number of amidine groups is 2. The Labute approximate surface area is 440 Å². The first-order chi connectivity index (χ1) is 35.8. The topological polar surface area (TPSA) is 289 Å². The Bertz CT molecular complexity index is 1960. The zero-order valence-electron chi connectivity index (χ0n) is 43.4. The minimum atomic E-state index is -4.25. The predicted octanol–water partition coefficient (Wildman–Crippen LogP) is 2.68. The molecule has 420 valence electrons. The third kappa shape index (κ3) is 24.5. The fourth-order valence-corrected chi connectivity index (χ4v) is 9.35. The number of halogens is 1. The number of allylic oxidation sites excluding steroid dienone is 2. The molecule has 0 amide bonds. The van der Waals surface area contributed by atoms with Gasteiger partial charge < -0.3 is 72.5 Å². The molecule has 1 aromatic heterocycles. The van der Waals surface area contributed by atoms with Crippen LogP contribution in [-0.4, -0.2) is 203 Å². The summed E-state index contributed by atoms with van der Waals surface area (Å²) in [4.78, 5) is 35.8. The third-order valence-electron chi connectivity index (χ3n) is 12.7. The van der Waals surface area contributed by atoms with Gasteiger partial charge in [-0.15, -0.1) is 5.10 Å². The van der Waals surface area contributed by atoms with Crippen molar-refractivity contribution in [3.05, 3.63) is 47.5 Å². The molecule has 3 unspecified atom stereocenters. The highest BCUT2D eigenvalue weighted by Crippen LogP contribution is 2.48. The van der Waals surface area contributed by atoms with Crippen LogP contribution in [0.2, 0.25) is 0 Å². The van der Waals surface area contributed by atoms with E-state index in [1.165, 1.54) is 11.8 Å². The van der Waals surface area contributed by atoms with Crippen LogP contribution in [0.4, 0.5) is 0 Å². The number of alkyl halides is 1. The number of nitrogens with zero attached hydrogens (tertiary/aromatic N) is 5. The van der Waals surface area contributed by atoms with Crippen LogP contribution >= 0.6 is 19.2 Å². The van der Waals surface area contributed by atoms with Crippen LogP contribution in [0, 0.1) is 16.7 Å². The molecule has 0 radical (unpaired) electrons. The number of Topliss-reactive ketones (excluding diaryl/α,β-unsaturated/α-hetero) is 1. The molecule has 1 saturated carbocycles. The maximum absolute atomic E-state index is 11.1. The molecule has 3 fully saturated rings. The first-order valence-corrected chi connectivity index (χ1v) is 28.2. The smallest absolute Gasteiger partial charge is 0.350 e. The number of ketones is 1. The van der Waals surface area contributed by atoms with E-state index in [-0.39, 0.29) is 42.1 Å². The molecular weight excluding hydrogens is 1010 g/mol. The van der Waals surface area contributed by atoms with E-state index in [0.29, 0.717) is 155 Å². The Hall–Kier alpha value is -3.07. The van der Waals surface area contributed by atoms with E-state index in [0.717, 1.165) is 50.9 Å². The van der Waals surface area contributed by atoms with Crippen LogP contribution in [-0.2, 0) is 74.6 Å². The summed E-state index contributed by atoms with van der Waals surface area (Å²) in [7, 11) is -4.25. The monoisotopic (exact) mass is 1090 g/mol. The van der Waals surface area contributed by atoms with Crippen LogP contribution < -0.4 is 11.1 Å². The molecule has 2 aliphatic carbocycles. The summed E-state index contributed by atoms with van der Waals surface area (Å²) in [6.45, 7) is 13.5. The van der Waals surface area contributed by atoms with Crippen molar-refractivity contribution in [2.75, 3.05) is 132 Å². The number of rotatable bonds is 39. The van der Waals surface area contributed by atoms with Crippen molar-refractivity contribution in [3.63, 3.8) is 0 Å². The number of hydrogen-bond donors (Lipinski definition) is 5. The van der Waals surface area contributed by atoms with Gasteiger partial charge in [-0.3, -0.25) is 14.7 Å². The summed E-state index contributed by atoms with van der Waals surface area (Å²) in [6, 6.07) is 0. The lowest BCUT2D eigenvalue weighted by Gasteiger charge is -2.55. The Morgan fingerprint density at radius 2 is 1.50 bits per heavy atom. The number of quaternary nitrogens is 1. The molecule has 1 aromatic rings. The van der Waals surface area contributed by atoms with Gasteiger partial charge >= 0.3 is 7.60 Å². The molecule has 2 aliphatic heterocycles. The predicted molar refractivity (Wildman–Crippen MR) is 274 cm³/mol.